The van der Waals surface area contributed by atoms with E-state index in [4.69, 9.17) is 15.6 Å². The number of ether oxygens (including phenoxy) is 1. The second-order valence-corrected chi connectivity index (χ2v) is 6.92. The Morgan fingerprint density at radius 1 is 1.43 bits per heavy atom. The maximum atomic E-state index is 11.5. The van der Waals surface area contributed by atoms with Crippen molar-refractivity contribution in [1.82, 2.24) is 0 Å². The molecule has 0 bridgehead atoms. The van der Waals surface area contributed by atoms with Gasteiger partial charge < -0.3 is 15.6 Å². The Morgan fingerprint density at radius 3 is 2.52 bits per heavy atom. The number of hydrogen-bond donors (Lipinski definition) is 2. The van der Waals surface area contributed by atoms with E-state index in [1.165, 1.54) is 18.7 Å². The molecule has 1 rings (SSSR count). The predicted octanol–water partition coefficient (Wildman–Crippen LogP) is 2.32. The first-order valence-electron chi connectivity index (χ1n) is 6.49. The molecular weight excluding hydrogens is 290 g/mol. The molecular formula is C15H21NO4S. The maximum absolute atomic E-state index is 11.5. The van der Waals surface area contributed by atoms with Crippen LogP contribution in [0.15, 0.2) is 18.2 Å². The first-order valence-corrected chi connectivity index (χ1v) is 7.47. The molecule has 0 aliphatic rings. The number of carboxylic acid groups (broad SMARTS) is 1. The predicted molar refractivity (Wildman–Crippen MR) is 84.0 cm³/mol. The van der Waals surface area contributed by atoms with Crippen LogP contribution in [0.4, 0.5) is 0 Å². The molecule has 6 heteroatoms. The van der Waals surface area contributed by atoms with E-state index < -0.39 is 16.8 Å². The molecule has 0 aliphatic carbocycles. The van der Waals surface area contributed by atoms with Crippen molar-refractivity contribution in [2.24, 2.45) is 5.73 Å². The summed E-state index contributed by atoms with van der Waals surface area (Å²) in [5.41, 5.74) is 7.15. The van der Waals surface area contributed by atoms with Crippen molar-refractivity contribution in [1.29, 1.82) is 0 Å². The summed E-state index contributed by atoms with van der Waals surface area (Å²) < 4.78 is 4.65. The molecule has 0 aliphatic heterocycles. The topological polar surface area (TPSA) is 89.6 Å². The normalized spacial score (nSPS) is 12.8. The van der Waals surface area contributed by atoms with Gasteiger partial charge in [0.2, 0.25) is 0 Å². The van der Waals surface area contributed by atoms with E-state index in [2.05, 4.69) is 0 Å². The van der Waals surface area contributed by atoms with Crippen LogP contribution in [0.5, 0.6) is 5.75 Å². The summed E-state index contributed by atoms with van der Waals surface area (Å²) in [5.74, 6) is 0.132. The summed E-state index contributed by atoms with van der Waals surface area (Å²) in [5, 5.41) is 9.02. The SMILES string of the molecule is COc1ccc(C(C)=O)cc1CSC(C)(C)[C@H](N)C(=O)O. The van der Waals surface area contributed by atoms with E-state index in [0.717, 1.165) is 5.56 Å². The Kier molecular flexibility index (Phi) is 5.80. The van der Waals surface area contributed by atoms with Crippen LogP contribution in [0.2, 0.25) is 0 Å². The Labute approximate surface area is 128 Å². The molecule has 21 heavy (non-hydrogen) atoms. The summed E-state index contributed by atoms with van der Waals surface area (Å²) in [4.78, 5) is 22.5. The minimum atomic E-state index is -1.03. The van der Waals surface area contributed by atoms with Gasteiger partial charge in [-0.3, -0.25) is 9.59 Å². The van der Waals surface area contributed by atoms with Gasteiger partial charge in [-0.05, 0) is 39.0 Å². The fraction of sp³-hybridized carbons (Fsp3) is 0.467. The van der Waals surface area contributed by atoms with E-state index in [1.54, 1.807) is 39.2 Å². The molecule has 0 amide bonds. The maximum Gasteiger partial charge on any atom is 0.321 e. The van der Waals surface area contributed by atoms with Gasteiger partial charge in [-0.2, -0.15) is 0 Å². The fourth-order valence-corrected chi connectivity index (χ4v) is 2.79. The molecule has 116 valence electrons. The number of carboxylic acids is 1. The summed E-state index contributed by atoms with van der Waals surface area (Å²) >= 11 is 1.42. The van der Waals surface area contributed by atoms with Gasteiger partial charge >= 0.3 is 5.97 Å². The van der Waals surface area contributed by atoms with Gasteiger partial charge in [-0.15, -0.1) is 11.8 Å². The molecule has 3 N–H and O–H groups in total. The van der Waals surface area contributed by atoms with E-state index in [1.807, 2.05) is 0 Å². The van der Waals surface area contributed by atoms with E-state index in [9.17, 15) is 9.59 Å². The number of methoxy groups -OCH3 is 1. The second kappa shape index (κ2) is 6.95. The lowest BCUT2D eigenvalue weighted by atomic mass is 10.1. The third-order valence-corrected chi connectivity index (χ3v) is 4.75. The van der Waals surface area contributed by atoms with Crippen LogP contribution in [-0.2, 0) is 10.5 Å². The Morgan fingerprint density at radius 2 is 2.05 bits per heavy atom. The van der Waals surface area contributed by atoms with E-state index in [-0.39, 0.29) is 5.78 Å². The van der Waals surface area contributed by atoms with Crippen LogP contribution in [0.25, 0.3) is 0 Å². The van der Waals surface area contributed by atoms with Crippen molar-refractivity contribution in [3.63, 3.8) is 0 Å². The molecule has 0 fully saturated rings. The third-order valence-electron chi connectivity index (χ3n) is 3.30. The molecule has 0 radical (unpaired) electrons. The number of thioether (sulfide) groups is 1. The number of Topliss-reactive ketones (excluding diaryl/α,β-unsaturated/α-hetero) is 1. The largest absolute Gasteiger partial charge is 0.496 e. The van der Waals surface area contributed by atoms with Gasteiger partial charge in [-0.1, -0.05) is 0 Å². The van der Waals surface area contributed by atoms with Crippen molar-refractivity contribution in [2.75, 3.05) is 7.11 Å². The lowest BCUT2D eigenvalue weighted by Gasteiger charge is -2.28. The zero-order valence-corrected chi connectivity index (χ0v) is 13.5. The van der Waals surface area contributed by atoms with Crippen molar-refractivity contribution in [2.45, 2.75) is 37.3 Å². The average molecular weight is 311 g/mol. The molecule has 1 aromatic rings. The van der Waals surface area contributed by atoms with Crippen LogP contribution in [0.1, 0.15) is 36.7 Å². The third kappa shape index (κ3) is 4.47. The monoisotopic (exact) mass is 311 g/mol. The number of nitrogens with two attached hydrogens (primary N) is 1. The molecule has 0 spiro atoms. The molecule has 1 atom stereocenters. The number of benzene rings is 1. The quantitative estimate of drug-likeness (QED) is 0.751. The van der Waals surface area contributed by atoms with Crippen LogP contribution in [0.3, 0.4) is 0 Å². The highest BCUT2D eigenvalue weighted by Crippen LogP contribution is 2.33. The standard InChI is InChI=1S/C15H21NO4S/c1-9(17)10-5-6-12(20-4)11(7-10)8-21-15(2,3)13(16)14(18)19/h5-7,13H,8,16H2,1-4H3,(H,18,19)/t13-/m1/s1. The summed E-state index contributed by atoms with van der Waals surface area (Å²) in [7, 11) is 1.56. The molecule has 0 unspecified atom stereocenters. The van der Waals surface area contributed by atoms with Crippen LogP contribution in [0, 0.1) is 0 Å². The Balaban J connectivity index is 2.94. The highest BCUT2D eigenvalue weighted by molar-refractivity contribution is 7.99. The van der Waals surface area contributed by atoms with Gasteiger partial charge in [0.15, 0.2) is 5.78 Å². The lowest BCUT2D eigenvalue weighted by Crippen LogP contribution is -2.46. The first-order chi connectivity index (χ1) is 9.69. The minimum absolute atomic E-state index is 0.0228. The minimum Gasteiger partial charge on any atom is -0.496 e. The van der Waals surface area contributed by atoms with Crippen molar-refractivity contribution in [3.8, 4) is 5.75 Å². The summed E-state index contributed by atoms with van der Waals surface area (Å²) in [6, 6.07) is 4.26. The van der Waals surface area contributed by atoms with Gasteiger partial charge in [0.1, 0.15) is 11.8 Å². The van der Waals surface area contributed by atoms with E-state index >= 15 is 0 Å². The number of carbonyl (C=O) groups excluding carboxylic acids is 1. The van der Waals surface area contributed by atoms with Gasteiger partial charge in [0, 0.05) is 21.6 Å². The van der Waals surface area contributed by atoms with Crippen molar-refractivity contribution < 1.29 is 19.4 Å². The van der Waals surface area contributed by atoms with Crippen LogP contribution >= 0.6 is 11.8 Å². The van der Waals surface area contributed by atoms with Crippen molar-refractivity contribution >= 4 is 23.5 Å². The smallest absolute Gasteiger partial charge is 0.321 e. The van der Waals surface area contributed by atoms with Crippen molar-refractivity contribution in [3.05, 3.63) is 29.3 Å². The molecule has 0 saturated heterocycles. The molecule has 5 nitrogen and oxygen atoms in total. The van der Waals surface area contributed by atoms with Crippen LogP contribution in [-0.4, -0.2) is 34.8 Å². The van der Waals surface area contributed by atoms with Gasteiger partial charge in [0.25, 0.3) is 0 Å². The number of hydrogen-bond acceptors (Lipinski definition) is 5. The van der Waals surface area contributed by atoms with Gasteiger partial charge in [0.05, 0.1) is 7.11 Å². The zero-order valence-electron chi connectivity index (χ0n) is 12.7. The molecule has 0 aromatic heterocycles. The zero-order chi connectivity index (χ0) is 16.2. The highest BCUT2D eigenvalue weighted by Gasteiger charge is 2.32. The van der Waals surface area contributed by atoms with Gasteiger partial charge in [-0.25, -0.2) is 0 Å². The first kappa shape index (κ1) is 17.5. The highest BCUT2D eigenvalue weighted by atomic mass is 32.2. The molecule has 0 saturated carbocycles. The fourth-order valence-electron chi connectivity index (χ4n) is 1.76. The van der Waals surface area contributed by atoms with Crippen LogP contribution < -0.4 is 10.5 Å². The Hall–Kier alpha value is -1.53. The summed E-state index contributed by atoms with van der Waals surface area (Å²) in [6.45, 7) is 5.08. The number of ketones is 1. The average Bonchev–Trinajstić information content (AvgIpc) is 2.43. The Bertz CT molecular complexity index is 542. The summed E-state index contributed by atoms with van der Waals surface area (Å²) in [6.07, 6.45) is 0. The van der Waals surface area contributed by atoms with E-state index in [0.29, 0.717) is 17.1 Å². The number of aliphatic carboxylic acids is 1. The molecule has 0 heterocycles. The number of rotatable bonds is 7. The molecule has 1 aromatic carbocycles. The lowest BCUT2D eigenvalue weighted by molar-refractivity contribution is -0.139. The number of carbonyl (C=O) groups is 2. The second-order valence-electron chi connectivity index (χ2n) is 5.29.